The highest BCUT2D eigenvalue weighted by Gasteiger charge is 2.42. The summed E-state index contributed by atoms with van der Waals surface area (Å²) >= 11 is 0. The second kappa shape index (κ2) is 5.55. The van der Waals surface area contributed by atoms with Crippen molar-refractivity contribution in [3.63, 3.8) is 0 Å². The first kappa shape index (κ1) is 15.6. The standard InChI is InChI=1S/C18H18F3N3/c1-11-22-9-14-16(23-11)8-13-6-7-17(14)24(13)10-12-4-2-3-5-15(12)18(19,20)21/h2-5,9,13,17H,6-8,10H2,1H3/t13-,17-/m1/s1. The van der Waals surface area contributed by atoms with Crippen LogP contribution >= 0.6 is 0 Å². The Kier molecular flexibility index (Phi) is 3.60. The minimum Gasteiger partial charge on any atom is -0.289 e. The van der Waals surface area contributed by atoms with Crippen molar-refractivity contribution >= 4 is 0 Å². The van der Waals surface area contributed by atoms with Crippen LogP contribution in [0.5, 0.6) is 0 Å². The molecule has 1 saturated heterocycles. The molecule has 2 aliphatic rings. The van der Waals surface area contributed by atoms with Crippen LogP contribution in [0.1, 0.15) is 47.1 Å². The average molecular weight is 333 g/mol. The van der Waals surface area contributed by atoms with Gasteiger partial charge in [-0.3, -0.25) is 4.90 Å². The van der Waals surface area contributed by atoms with E-state index in [1.807, 2.05) is 13.1 Å². The maximum Gasteiger partial charge on any atom is 0.416 e. The lowest BCUT2D eigenvalue weighted by molar-refractivity contribution is -0.138. The molecular weight excluding hydrogens is 315 g/mol. The molecule has 0 amide bonds. The third-order valence-corrected chi connectivity index (χ3v) is 5.13. The minimum absolute atomic E-state index is 0.126. The van der Waals surface area contributed by atoms with Gasteiger partial charge < -0.3 is 0 Å². The van der Waals surface area contributed by atoms with Crippen molar-refractivity contribution in [3.05, 3.63) is 58.7 Å². The van der Waals surface area contributed by atoms with Gasteiger partial charge in [-0.2, -0.15) is 13.2 Å². The summed E-state index contributed by atoms with van der Waals surface area (Å²) in [5.41, 5.74) is 1.96. The summed E-state index contributed by atoms with van der Waals surface area (Å²) in [7, 11) is 0. The van der Waals surface area contributed by atoms with Gasteiger partial charge in [-0.25, -0.2) is 9.97 Å². The van der Waals surface area contributed by atoms with Gasteiger partial charge in [0.15, 0.2) is 0 Å². The highest BCUT2D eigenvalue weighted by molar-refractivity contribution is 5.32. The number of alkyl halides is 3. The molecule has 1 aromatic heterocycles. The molecule has 0 aliphatic carbocycles. The molecule has 1 fully saturated rings. The second-order valence-corrected chi connectivity index (χ2v) is 6.60. The predicted octanol–water partition coefficient (Wildman–Crippen LogP) is 4.07. The van der Waals surface area contributed by atoms with Gasteiger partial charge in [0.05, 0.1) is 11.3 Å². The van der Waals surface area contributed by atoms with E-state index < -0.39 is 11.7 Å². The van der Waals surface area contributed by atoms with Crippen LogP contribution in [0, 0.1) is 6.92 Å². The molecule has 3 heterocycles. The lowest BCUT2D eigenvalue weighted by atomic mass is 9.97. The predicted molar refractivity (Wildman–Crippen MR) is 83.2 cm³/mol. The molecule has 0 unspecified atom stereocenters. The molecule has 0 spiro atoms. The fourth-order valence-corrected chi connectivity index (χ4v) is 4.05. The number of benzene rings is 1. The molecule has 6 heteroatoms. The zero-order valence-electron chi connectivity index (χ0n) is 13.3. The van der Waals surface area contributed by atoms with Crippen LogP contribution in [0.4, 0.5) is 13.2 Å². The van der Waals surface area contributed by atoms with E-state index in [0.717, 1.165) is 36.3 Å². The molecule has 2 atom stereocenters. The molecule has 2 aliphatic heterocycles. The Labute approximate surface area is 138 Å². The Balaban J connectivity index is 1.67. The number of halogens is 3. The molecule has 0 saturated carbocycles. The van der Waals surface area contributed by atoms with E-state index in [4.69, 9.17) is 0 Å². The largest absolute Gasteiger partial charge is 0.416 e. The number of nitrogens with zero attached hydrogens (tertiary/aromatic N) is 3. The third-order valence-electron chi connectivity index (χ3n) is 5.13. The van der Waals surface area contributed by atoms with Crippen LogP contribution in [0.2, 0.25) is 0 Å². The highest BCUT2D eigenvalue weighted by Crippen LogP contribution is 2.44. The smallest absolute Gasteiger partial charge is 0.289 e. The van der Waals surface area contributed by atoms with E-state index in [1.165, 1.54) is 12.1 Å². The van der Waals surface area contributed by atoms with Crippen molar-refractivity contribution in [2.45, 2.75) is 51.0 Å². The zero-order chi connectivity index (χ0) is 16.9. The van der Waals surface area contributed by atoms with Crippen LogP contribution in [-0.4, -0.2) is 20.9 Å². The first-order valence-corrected chi connectivity index (χ1v) is 8.17. The van der Waals surface area contributed by atoms with Gasteiger partial charge in [0.25, 0.3) is 0 Å². The number of hydrogen-bond acceptors (Lipinski definition) is 3. The molecule has 2 bridgehead atoms. The third kappa shape index (κ3) is 2.59. The summed E-state index contributed by atoms with van der Waals surface area (Å²) in [6.07, 6.45) is 0.284. The van der Waals surface area contributed by atoms with E-state index in [1.54, 1.807) is 12.1 Å². The first-order chi connectivity index (χ1) is 11.4. The second-order valence-electron chi connectivity index (χ2n) is 6.60. The van der Waals surface area contributed by atoms with Gasteiger partial charge in [0.2, 0.25) is 0 Å². The SMILES string of the molecule is Cc1ncc2c(n1)C[C@H]1CC[C@H]2N1Cc1ccccc1C(F)(F)F. The van der Waals surface area contributed by atoms with Crippen molar-refractivity contribution in [1.29, 1.82) is 0 Å². The quantitative estimate of drug-likeness (QED) is 0.830. The van der Waals surface area contributed by atoms with Crippen molar-refractivity contribution in [2.75, 3.05) is 0 Å². The topological polar surface area (TPSA) is 29.0 Å². The molecule has 2 aromatic rings. The molecule has 1 aromatic carbocycles. The first-order valence-electron chi connectivity index (χ1n) is 8.17. The Morgan fingerprint density at radius 1 is 1.21 bits per heavy atom. The van der Waals surface area contributed by atoms with Crippen LogP contribution in [0.3, 0.4) is 0 Å². The molecule has 0 radical (unpaired) electrons. The van der Waals surface area contributed by atoms with Gasteiger partial charge >= 0.3 is 6.18 Å². The average Bonchev–Trinajstić information content (AvgIpc) is 2.80. The Bertz CT molecular complexity index is 772. The Morgan fingerprint density at radius 2 is 2.00 bits per heavy atom. The number of aryl methyl sites for hydroxylation is 1. The van der Waals surface area contributed by atoms with Crippen molar-refractivity contribution in [2.24, 2.45) is 0 Å². The minimum atomic E-state index is -4.32. The molecular formula is C18H18F3N3. The fourth-order valence-electron chi connectivity index (χ4n) is 4.05. The highest BCUT2D eigenvalue weighted by atomic mass is 19.4. The summed E-state index contributed by atoms with van der Waals surface area (Å²) < 4.78 is 39.8. The van der Waals surface area contributed by atoms with E-state index in [2.05, 4.69) is 14.9 Å². The maximum atomic E-state index is 13.3. The summed E-state index contributed by atoms with van der Waals surface area (Å²) in [4.78, 5) is 11.0. The van der Waals surface area contributed by atoms with Gasteiger partial charge in [-0.15, -0.1) is 0 Å². The molecule has 4 rings (SSSR count). The number of hydrogen-bond donors (Lipinski definition) is 0. The van der Waals surface area contributed by atoms with E-state index in [0.29, 0.717) is 12.1 Å². The normalized spacial score (nSPS) is 23.3. The zero-order valence-corrected chi connectivity index (χ0v) is 13.3. The number of fused-ring (bicyclic) bond motifs is 4. The molecule has 0 N–H and O–H groups in total. The number of aromatic nitrogens is 2. The van der Waals surface area contributed by atoms with Gasteiger partial charge in [0.1, 0.15) is 5.82 Å². The molecule has 24 heavy (non-hydrogen) atoms. The summed E-state index contributed by atoms with van der Waals surface area (Å²) in [6.45, 7) is 2.19. The molecule has 3 nitrogen and oxygen atoms in total. The van der Waals surface area contributed by atoms with Crippen molar-refractivity contribution in [1.82, 2.24) is 14.9 Å². The Hall–Kier alpha value is -1.95. The van der Waals surface area contributed by atoms with Crippen LogP contribution < -0.4 is 0 Å². The van der Waals surface area contributed by atoms with Gasteiger partial charge in [-0.05, 0) is 31.4 Å². The fraction of sp³-hybridized carbons (Fsp3) is 0.444. The van der Waals surface area contributed by atoms with E-state index in [9.17, 15) is 13.2 Å². The monoisotopic (exact) mass is 333 g/mol. The van der Waals surface area contributed by atoms with E-state index in [-0.39, 0.29) is 12.1 Å². The Morgan fingerprint density at radius 3 is 2.79 bits per heavy atom. The van der Waals surface area contributed by atoms with Crippen LogP contribution in [0.25, 0.3) is 0 Å². The molecule has 126 valence electrons. The summed E-state index contributed by atoms with van der Waals surface area (Å²) in [6, 6.07) is 6.27. The van der Waals surface area contributed by atoms with Crippen LogP contribution in [-0.2, 0) is 19.1 Å². The van der Waals surface area contributed by atoms with Crippen molar-refractivity contribution in [3.8, 4) is 0 Å². The summed E-state index contributed by atoms with van der Waals surface area (Å²) in [5.74, 6) is 0.754. The number of rotatable bonds is 2. The van der Waals surface area contributed by atoms with E-state index >= 15 is 0 Å². The van der Waals surface area contributed by atoms with Gasteiger partial charge in [-0.1, -0.05) is 18.2 Å². The lowest BCUT2D eigenvalue weighted by Crippen LogP contribution is -2.38. The van der Waals surface area contributed by atoms with Crippen LogP contribution in [0.15, 0.2) is 30.5 Å². The van der Waals surface area contributed by atoms with Gasteiger partial charge in [0, 0.05) is 36.8 Å². The summed E-state index contributed by atoms with van der Waals surface area (Å²) in [5, 5.41) is 0. The van der Waals surface area contributed by atoms with Crippen molar-refractivity contribution < 1.29 is 13.2 Å². The lowest BCUT2D eigenvalue weighted by Gasteiger charge is -2.36. The maximum absolute atomic E-state index is 13.3.